The summed E-state index contributed by atoms with van der Waals surface area (Å²) < 4.78 is 85.3. The number of primary amides is 1. The van der Waals surface area contributed by atoms with Crippen molar-refractivity contribution in [3.05, 3.63) is 70.8 Å². The number of rotatable bonds is 6. The average Bonchev–Trinajstić information content (AvgIpc) is 2.78. The third kappa shape index (κ3) is 5.55. The Bertz CT molecular complexity index is 980. The van der Waals surface area contributed by atoms with Gasteiger partial charge in [0.25, 0.3) is 0 Å². The first kappa shape index (κ1) is 26.0. The van der Waals surface area contributed by atoms with Crippen LogP contribution in [0.25, 0.3) is 0 Å². The van der Waals surface area contributed by atoms with E-state index < -0.39 is 46.4 Å². The summed E-state index contributed by atoms with van der Waals surface area (Å²) in [5.41, 5.74) is 1.77. The zero-order valence-corrected chi connectivity index (χ0v) is 18.7. The lowest BCUT2D eigenvalue weighted by molar-refractivity contribution is -0.143. The van der Waals surface area contributed by atoms with E-state index in [9.17, 15) is 31.1 Å². The SMILES string of the molecule is C[C@@H](OC[C@@]1(c2ccccc2)CC[C@@](C)(C(N)=O)CN1)c1cc(C(F)(F)F)cc(C(F)(F)F)c1. The predicted octanol–water partition coefficient (Wildman–Crippen LogP) is 5.57. The smallest absolute Gasteiger partial charge is 0.372 e. The highest BCUT2D eigenvalue weighted by Gasteiger charge is 2.44. The highest BCUT2D eigenvalue weighted by Crippen LogP contribution is 2.41. The second-order valence-corrected chi connectivity index (χ2v) is 9.02. The molecule has 3 N–H and O–H groups in total. The van der Waals surface area contributed by atoms with Crippen LogP contribution in [0.4, 0.5) is 26.3 Å². The van der Waals surface area contributed by atoms with Crippen LogP contribution in [-0.2, 0) is 27.4 Å². The summed E-state index contributed by atoms with van der Waals surface area (Å²) in [5.74, 6) is -0.459. The third-order valence-corrected chi connectivity index (χ3v) is 6.50. The molecule has 0 saturated carbocycles. The van der Waals surface area contributed by atoms with Crippen LogP contribution in [-0.4, -0.2) is 19.1 Å². The molecular weight excluding hydrogens is 462 g/mol. The van der Waals surface area contributed by atoms with Gasteiger partial charge in [-0.3, -0.25) is 4.79 Å². The van der Waals surface area contributed by atoms with Crippen molar-refractivity contribution in [3.63, 3.8) is 0 Å². The number of benzene rings is 2. The lowest BCUT2D eigenvalue weighted by atomic mass is 9.72. The molecule has 3 atom stereocenters. The highest BCUT2D eigenvalue weighted by molar-refractivity contribution is 5.80. The molecule has 2 aromatic rings. The zero-order chi connectivity index (χ0) is 25.4. The van der Waals surface area contributed by atoms with Crippen LogP contribution in [0.5, 0.6) is 0 Å². The second-order valence-electron chi connectivity index (χ2n) is 9.02. The predicted molar refractivity (Wildman–Crippen MR) is 113 cm³/mol. The lowest BCUT2D eigenvalue weighted by Gasteiger charge is -2.45. The number of halogens is 6. The molecule has 1 fully saturated rings. The minimum absolute atomic E-state index is 0.0371. The number of amides is 1. The summed E-state index contributed by atoms with van der Waals surface area (Å²) in [5, 5.41) is 3.31. The zero-order valence-electron chi connectivity index (χ0n) is 18.7. The molecule has 0 bridgehead atoms. The van der Waals surface area contributed by atoms with Crippen LogP contribution in [0.2, 0.25) is 0 Å². The van der Waals surface area contributed by atoms with E-state index in [0.717, 1.165) is 5.56 Å². The van der Waals surface area contributed by atoms with Gasteiger partial charge in [0.2, 0.25) is 5.91 Å². The molecule has 0 radical (unpaired) electrons. The average molecular weight is 488 g/mol. The molecule has 1 aliphatic heterocycles. The van der Waals surface area contributed by atoms with Gasteiger partial charge >= 0.3 is 12.4 Å². The molecule has 10 heteroatoms. The van der Waals surface area contributed by atoms with Gasteiger partial charge in [-0.05, 0) is 56.0 Å². The largest absolute Gasteiger partial charge is 0.416 e. The summed E-state index contributed by atoms with van der Waals surface area (Å²) in [6.45, 7) is 3.36. The molecule has 0 aromatic heterocycles. The fourth-order valence-corrected chi connectivity index (χ4v) is 4.03. The molecule has 186 valence electrons. The Hall–Kier alpha value is -2.59. The number of carbonyl (C=O) groups excluding carboxylic acids is 1. The minimum atomic E-state index is -4.94. The van der Waals surface area contributed by atoms with Crippen LogP contribution < -0.4 is 11.1 Å². The maximum absolute atomic E-state index is 13.2. The van der Waals surface area contributed by atoms with Crippen molar-refractivity contribution in [2.75, 3.05) is 13.2 Å². The van der Waals surface area contributed by atoms with Crippen molar-refractivity contribution in [3.8, 4) is 0 Å². The van der Waals surface area contributed by atoms with Crippen LogP contribution in [0, 0.1) is 5.41 Å². The second kappa shape index (κ2) is 9.22. The fourth-order valence-electron chi connectivity index (χ4n) is 4.03. The molecule has 34 heavy (non-hydrogen) atoms. The van der Waals surface area contributed by atoms with Crippen LogP contribution in [0.1, 0.15) is 55.0 Å². The Morgan fingerprint density at radius 3 is 2.03 bits per heavy atom. The number of hydrogen-bond acceptors (Lipinski definition) is 3. The number of hydrogen-bond donors (Lipinski definition) is 2. The summed E-state index contributed by atoms with van der Waals surface area (Å²) >= 11 is 0. The maximum Gasteiger partial charge on any atom is 0.416 e. The quantitative estimate of drug-likeness (QED) is 0.523. The first-order valence-electron chi connectivity index (χ1n) is 10.7. The molecular formula is C24H26F6N2O2. The van der Waals surface area contributed by atoms with E-state index in [1.165, 1.54) is 6.92 Å². The van der Waals surface area contributed by atoms with Gasteiger partial charge in [-0.1, -0.05) is 30.3 Å². The van der Waals surface area contributed by atoms with Gasteiger partial charge in [0.05, 0.1) is 34.8 Å². The fraction of sp³-hybridized carbons (Fsp3) is 0.458. The van der Waals surface area contributed by atoms with Gasteiger partial charge in [0.1, 0.15) is 0 Å². The summed E-state index contributed by atoms with van der Waals surface area (Å²) in [7, 11) is 0. The number of piperidine rings is 1. The first-order valence-corrected chi connectivity index (χ1v) is 10.7. The first-order chi connectivity index (χ1) is 15.7. The van der Waals surface area contributed by atoms with Crippen LogP contribution >= 0.6 is 0 Å². The number of carbonyl (C=O) groups is 1. The van der Waals surface area contributed by atoms with Crippen molar-refractivity contribution < 1.29 is 35.9 Å². The topological polar surface area (TPSA) is 64.3 Å². The van der Waals surface area contributed by atoms with Gasteiger partial charge in [-0.2, -0.15) is 26.3 Å². The Morgan fingerprint density at radius 2 is 1.59 bits per heavy atom. The monoisotopic (exact) mass is 488 g/mol. The Kier molecular flexibility index (Phi) is 7.06. The number of alkyl halides is 6. The standard InChI is InChI=1S/C24H26F6N2O2/c1-15(16-10-18(23(25,26)27)12-19(11-16)24(28,29)30)34-14-22(17-6-4-3-5-7-17)9-8-21(2,13-32-22)20(31)33/h3-7,10-12,15,32H,8-9,13-14H2,1-2H3,(H2,31,33)/t15-,21-,22-/m1/s1. The van der Waals surface area contributed by atoms with Crippen molar-refractivity contribution in [1.29, 1.82) is 0 Å². The number of nitrogens with one attached hydrogen (secondary N) is 1. The lowest BCUT2D eigenvalue weighted by Crippen LogP contribution is -2.57. The molecule has 0 aliphatic carbocycles. The molecule has 0 unspecified atom stereocenters. The molecule has 4 nitrogen and oxygen atoms in total. The summed E-state index contributed by atoms with van der Waals surface area (Å²) in [6.07, 6.45) is -10.1. The summed E-state index contributed by atoms with van der Waals surface area (Å²) in [6, 6.07) is 10.6. The summed E-state index contributed by atoms with van der Waals surface area (Å²) in [4.78, 5) is 11.9. The minimum Gasteiger partial charge on any atom is -0.372 e. The number of ether oxygens (including phenoxy) is 1. The normalized spacial score (nSPS) is 24.6. The van der Waals surface area contributed by atoms with Crippen molar-refractivity contribution >= 4 is 5.91 Å². The molecule has 2 aromatic carbocycles. The van der Waals surface area contributed by atoms with Gasteiger partial charge in [-0.15, -0.1) is 0 Å². The van der Waals surface area contributed by atoms with Gasteiger partial charge < -0.3 is 15.8 Å². The van der Waals surface area contributed by atoms with Gasteiger partial charge in [0, 0.05) is 6.54 Å². The van der Waals surface area contributed by atoms with Crippen LogP contribution in [0.3, 0.4) is 0 Å². The van der Waals surface area contributed by atoms with Gasteiger partial charge in [-0.25, -0.2) is 0 Å². The maximum atomic E-state index is 13.2. The molecule has 1 heterocycles. The Balaban J connectivity index is 1.89. The molecule has 1 aliphatic rings. The van der Waals surface area contributed by atoms with E-state index >= 15 is 0 Å². The number of nitrogens with two attached hydrogens (primary N) is 1. The van der Waals surface area contributed by atoms with Crippen molar-refractivity contribution in [2.24, 2.45) is 11.1 Å². The molecule has 0 spiro atoms. The molecule has 3 rings (SSSR count). The van der Waals surface area contributed by atoms with Crippen molar-refractivity contribution in [2.45, 2.75) is 50.7 Å². The molecule has 1 amide bonds. The van der Waals surface area contributed by atoms with E-state index in [-0.39, 0.29) is 24.8 Å². The van der Waals surface area contributed by atoms with Crippen molar-refractivity contribution in [1.82, 2.24) is 5.32 Å². The van der Waals surface area contributed by atoms with E-state index in [1.54, 1.807) is 6.92 Å². The van der Waals surface area contributed by atoms with E-state index in [2.05, 4.69) is 5.32 Å². The van der Waals surface area contributed by atoms with Crippen LogP contribution in [0.15, 0.2) is 48.5 Å². The Labute approximate surface area is 193 Å². The third-order valence-electron chi connectivity index (χ3n) is 6.50. The van der Waals surface area contributed by atoms with E-state index in [0.29, 0.717) is 25.0 Å². The van der Waals surface area contributed by atoms with E-state index in [1.807, 2.05) is 30.3 Å². The molecule has 1 saturated heterocycles. The van der Waals surface area contributed by atoms with Gasteiger partial charge in [0.15, 0.2) is 0 Å². The highest BCUT2D eigenvalue weighted by atomic mass is 19.4. The Morgan fingerprint density at radius 1 is 1.03 bits per heavy atom. The van der Waals surface area contributed by atoms with E-state index in [4.69, 9.17) is 10.5 Å².